The van der Waals surface area contributed by atoms with Gasteiger partial charge in [0, 0.05) is 34.0 Å². The molecule has 0 N–H and O–H groups in total. The van der Waals surface area contributed by atoms with Gasteiger partial charge in [0.2, 0.25) is 0 Å². The van der Waals surface area contributed by atoms with Crippen molar-refractivity contribution in [2.24, 2.45) is 0 Å². The van der Waals surface area contributed by atoms with Crippen molar-refractivity contribution in [3.8, 4) is 0 Å². The van der Waals surface area contributed by atoms with Crippen LogP contribution in [0.5, 0.6) is 0 Å². The molecule has 0 saturated heterocycles. The van der Waals surface area contributed by atoms with E-state index >= 15 is 0 Å². The predicted octanol–water partition coefficient (Wildman–Crippen LogP) is 11.6. The summed E-state index contributed by atoms with van der Waals surface area (Å²) >= 11 is 0. The number of hydrogen-bond donors (Lipinski definition) is 0. The number of rotatable bonds is 34. The summed E-state index contributed by atoms with van der Waals surface area (Å²) in [5.74, 6) is 0. The van der Waals surface area contributed by atoms with Gasteiger partial charge >= 0.3 is 25.7 Å². The highest BCUT2D eigenvalue weighted by atomic mass is 28.5. The van der Waals surface area contributed by atoms with E-state index in [0.29, 0.717) is 19.8 Å². The molecule has 3 atom stereocenters. The van der Waals surface area contributed by atoms with Crippen molar-refractivity contribution in [2.75, 3.05) is 47.3 Å². The largest absolute Gasteiger partial charge is 0.437 e. The lowest BCUT2D eigenvalue weighted by atomic mass is 10.1. The van der Waals surface area contributed by atoms with Crippen LogP contribution in [0.2, 0.25) is 96.2 Å². The number of ether oxygens (including phenoxy) is 3. The molecule has 53 heavy (non-hydrogen) atoms. The number of unbranched alkanes of at least 4 members (excludes halogenated alkanes) is 7. The van der Waals surface area contributed by atoms with Crippen molar-refractivity contribution < 1.29 is 35.1 Å². The molecule has 0 spiro atoms. The van der Waals surface area contributed by atoms with Gasteiger partial charge in [-0.2, -0.15) is 0 Å². The van der Waals surface area contributed by atoms with E-state index in [9.17, 15) is 0 Å². The van der Waals surface area contributed by atoms with Crippen LogP contribution in [0, 0.1) is 0 Å². The highest BCUT2D eigenvalue weighted by Crippen LogP contribution is 2.34. The summed E-state index contributed by atoms with van der Waals surface area (Å²) in [5.41, 5.74) is 1.33. The Morgan fingerprint density at radius 2 is 0.849 bits per heavy atom. The van der Waals surface area contributed by atoms with Gasteiger partial charge in [-0.3, -0.25) is 0 Å². The van der Waals surface area contributed by atoms with Gasteiger partial charge in [0.1, 0.15) is 0 Å². The molecule has 0 aliphatic heterocycles. The van der Waals surface area contributed by atoms with E-state index in [4.69, 9.17) is 35.1 Å². The van der Waals surface area contributed by atoms with E-state index in [0.717, 1.165) is 69.9 Å². The van der Waals surface area contributed by atoms with Gasteiger partial charge in [-0.15, -0.1) is 0 Å². The maximum Gasteiger partial charge on any atom is 0.317 e. The SMILES string of the molecule is COCCCCCOCCOCCC[Si](C)(O[Si](C)(CCCCCCCC[Si](C)(C)OC)O[Si](C)(C)C)O[Si](C)(CCc1ccccc1)O[Si](C)(C)C. The quantitative estimate of drug-likeness (QED) is 0.0501. The molecule has 0 saturated carbocycles. The molecule has 0 heterocycles. The minimum absolute atomic E-state index is 0.609. The molecule has 8 nitrogen and oxygen atoms in total. The summed E-state index contributed by atoms with van der Waals surface area (Å²) in [6.45, 7) is 28.8. The average molecular weight is 850 g/mol. The third-order valence-corrected chi connectivity index (χ3v) is 30.9. The molecule has 0 bridgehead atoms. The van der Waals surface area contributed by atoms with E-state index < -0.39 is 50.6 Å². The second kappa shape index (κ2) is 26.3. The number of methoxy groups -OCH3 is 1. The smallest absolute Gasteiger partial charge is 0.317 e. The van der Waals surface area contributed by atoms with Crippen molar-refractivity contribution in [1.29, 1.82) is 0 Å². The van der Waals surface area contributed by atoms with Crippen LogP contribution in [0.15, 0.2) is 30.3 Å². The highest BCUT2D eigenvalue weighted by molar-refractivity contribution is 6.91. The second-order valence-corrected chi connectivity index (χ2v) is 42.4. The lowest BCUT2D eigenvalue weighted by molar-refractivity contribution is 0.0456. The summed E-state index contributed by atoms with van der Waals surface area (Å²) in [4.78, 5) is 0. The predicted molar refractivity (Wildman–Crippen MR) is 239 cm³/mol. The molecule has 3 unspecified atom stereocenters. The Kier molecular flexibility index (Phi) is 25.4. The van der Waals surface area contributed by atoms with E-state index in [1.54, 1.807) is 7.11 Å². The number of benzene rings is 1. The first kappa shape index (κ1) is 51.2. The van der Waals surface area contributed by atoms with Crippen molar-refractivity contribution in [2.45, 2.75) is 167 Å². The van der Waals surface area contributed by atoms with Crippen LogP contribution < -0.4 is 0 Å². The van der Waals surface area contributed by atoms with Crippen molar-refractivity contribution >= 4 is 50.6 Å². The van der Waals surface area contributed by atoms with Crippen LogP contribution in [-0.2, 0) is 41.5 Å². The van der Waals surface area contributed by atoms with Crippen molar-refractivity contribution in [3.63, 3.8) is 0 Å². The third-order valence-electron chi connectivity index (χ3n) is 9.26. The molecule has 1 aromatic carbocycles. The topological polar surface area (TPSA) is 73.8 Å². The minimum atomic E-state index is -2.77. The summed E-state index contributed by atoms with van der Waals surface area (Å²) in [6, 6.07) is 14.8. The molecule has 0 aromatic heterocycles. The first-order valence-corrected chi connectivity index (χ1v) is 38.3. The van der Waals surface area contributed by atoms with E-state index in [-0.39, 0.29) is 0 Å². The van der Waals surface area contributed by atoms with Gasteiger partial charge < -0.3 is 35.1 Å². The monoisotopic (exact) mass is 848 g/mol. The molecular weight excluding hydrogens is 765 g/mol. The first-order chi connectivity index (χ1) is 24.7. The molecule has 312 valence electrons. The van der Waals surface area contributed by atoms with Crippen molar-refractivity contribution in [3.05, 3.63) is 35.9 Å². The lowest BCUT2D eigenvalue weighted by Crippen LogP contribution is -2.61. The van der Waals surface area contributed by atoms with Crippen LogP contribution in [0.1, 0.15) is 69.8 Å². The van der Waals surface area contributed by atoms with Gasteiger partial charge in [0.05, 0.1) is 13.2 Å². The molecule has 1 rings (SSSR count). The second-order valence-electron chi connectivity index (χ2n) is 18.0. The van der Waals surface area contributed by atoms with Gasteiger partial charge in [-0.05, 0) is 134 Å². The standard InChI is InChI=1S/C39H84O8Si6/c1-40-30-22-19-23-31-42-33-34-43-32-26-37-52(12,47-53(13,45-49(6,7)8)38-29-39-27-20-18-21-28-39)46-51(11,44-48(3,4)5)36-25-17-15-14-16-24-35-50(9,10)41-2/h18,20-21,27-28H,14-17,19,22-26,29-38H2,1-13H3. The van der Waals surface area contributed by atoms with Crippen LogP contribution in [0.4, 0.5) is 0 Å². The summed E-state index contributed by atoms with van der Waals surface area (Å²) < 4.78 is 51.9. The van der Waals surface area contributed by atoms with E-state index in [1.807, 2.05) is 7.11 Å². The van der Waals surface area contributed by atoms with Gasteiger partial charge in [-0.1, -0.05) is 68.9 Å². The summed E-state index contributed by atoms with van der Waals surface area (Å²) in [7, 11) is -9.61. The van der Waals surface area contributed by atoms with Crippen LogP contribution in [0.25, 0.3) is 0 Å². The maximum absolute atomic E-state index is 7.50. The van der Waals surface area contributed by atoms with Gasteiger partial charge in [-0.25, -0.2) is 0 Å². The molecule has 0 aliphatic carbocycles. The summed E-state index contributed by atoms with van der Waals surface area (Å²) in [6.07, 6.45) is 12.6. The van der Waals surface area contributed by atoms with E-state index in [1.165, 1.54) is 43.7 Å². The van der Waals surface area contributed by atoms with Crippen LogP contribution >= 0.6 is 0 Å². The molecule has 0 amide bonds. The molecule has 1 aromatic rings. The molecular formula is C39H84O8Si6. The van der Waals surface area contributed by atoms with E-state index in [2.05, 4.69) is 102 Å². The van der Waals surface area contributed by atoms with Crippen LogP contribution in [0.3, 0.4) is 0 Å². The fraction of sp³-hybridized carbons (Fsp3) is 0.846. The first-order valence-electron chi connectivity index (χ1n) is 20.8. The fourth-order valence-electron chi connectivity index (χ4n) is 6.84. The number of aryl methyl sites for hydroxylation is 1. The average Bonchev–Trinajstić information content (AvgIpc) is 3.04. The zero-order valence-electron chi connectivity index (χ0n) is 36.8. The Hall–Kier alpha value is 0.201. The Morgan fingerprint density at radius 1 is 0.415 bits per heavy atom. The molecule has 14 heteroatoms. The highest BCUT2D eigenvalue weighted by Gasteiger charge is 2.50. The van der Waals surface area contributed by atoms with Crippen molar-refractivity contribution in [1.82, 2.24) is 0 Å². The fourth-order valence-corrected chi connectivity index (χ4v) is 32.3. The van der Waals surface area contributed by atoms with Gasteiger partial charge in [0.25, 0.3) is 0 Å². The minimum Gasteiger partial charge on any atom is -0.437 e. The zero-order valence-corrected chi connectivity index (χ0v) is 42.8. The Labute approximate surface area is 334 Å². The molecule has 0 radical (unpaired) electrons. The summed E-state index contributed by atoms with van der Waals surface area (Å²) in [5, 5.41) is 0. The van der Waals surface area contributed by atoms with Gasteiger partial charge in [0.15, 0.2) is 25.0 Å². The lowest BCUT2D eigenvalue weighted by Gasteiger charge is -2.45. The molecule has 0 aliphatic rings. The van der Waals surface area contributed by atoms with Crippen LogP contribution in [-0.4, -0.2) is 97.9 Å². The number of hydrogen-bond acceptors (Lipinski definition) is 8. The molecule has 0 fully saturated rings. The normalized spacial score (nSPS) is 16.3. The Balaban J connectivity index is 3.04. The maximum atomic E-state index is 7.50. The zero-order chi connectivity index (χ0) is 39.9. The third kappa shape index (κ3) is 27.5. The Morgan fingerprint density at radius 3 is 1.38 bits per heavy atom. The Bertz CT molecular complexity index is 1060.